The molecule has 0 amide bonds. The van der Waals surface area contributed by atoms with Gasteiger partial charge in [0.2, 0.25) is 0 Å². The van der Waals surface area contributed by atoms with E-state index in [4.69, 9.17) is 19.3 Å². The van der Waals surface area contributed by atoms with Crippen molar-refractivity contribution in [3.8, 4) is 0 Å². The van der Waals surface area contributed by atoms with E-state index in [1.807, 2.05) is 33.1 Å². The summed E-state index contributed by atoms with van der Waals surface area (Å²) in [6.45, 7) is 18.3. The van der Waals surface area contributed by atoms with Crippen LogP contribution in [0.5, 0.6) is 0 Å². The maximum Gasteiger partial charge on any atom is 0.307 e. The fourth-order valence-corrected chi connectivity index (χ4v) is 4.00. The SMILES string of the molecule is C=C(C)CC(CC(=O)OCCCN(C)C)C(=O)O.C=C(C)CC(CC(=O)OCCC[N+](C)(C)CC(C)O)C(=O)[O-].CC1CO1. The van der Waals surface area contributed by atoms with E-state index in [-0.39, 0.29) is 32.0 Å². The van der Waals surface area contributed by atoms with Crippen molar-refractivity contribution in [2.45, 2.75) is 78.4 Å². The lowest BCUT2D eigenvalue weighted by Crippen LogP contribution is -2.45. The van der Waals surface area contributed by atoms with Crippen LogP contribution in [-0.2, 0) is 33.4 Å². The first-order valence-corrected chi connectivity index (χ1v) is 15.1. The molecule has 1 aliphatic heterocycles. The van der Waals surface area contributed by atoms with Crippen molar-refractivity contribution in [1.82, 2.24) is 4.90 Å². The first-order valence-electron chi connectivity index (χ1n) is 15.1. The van der Waals surface area contributed by atoms with E-state index < -0.39 is 35.7 Å². The number of carbonyl (C=O) groups excluding carboxylic acids is 3. The average molecular weight is 631 g/mol. The minimum absolute atomic E-state index is 0.0931. The lowest BCUT2D eigenvalue weighted by atomic mass is 9.98. The molecule has 0 saturated carbocycles. The second kappa shape index (κ2) is 23.6. The Hall–Kier alpha value is -2.80. The Labute approximate surface area is 264 Å². The summed E-state index contributed by atoms with van der Waals surface area (Å²) in [7, 11) is 7.87. The lowest BCUT2D eigenvalue weighted by molar-refractivity contribution is -0.893. The highest BCUT2D eigenvalue weighted by atomic mass is 16.6. The van der Waals surface area contributed by atoms with Crippen LogP contribution in [0.3, 0.4) is 0 Å². The van der Waals surface area contributed by atoms with Gasteiger partial charge in [-0.1, -0.05) is 11.1 Å². The van der Waals surface area contributed by atoms with Crippen molar-refractivity contribution in [2.75, 3.05) is 67.6 Å². The molecule has 0 spiro atoms. The van der Waals surface area contributed by atoms with E-state index in [0.717, 1.165) is 31.7 Å². The van der Waals surface area contributed by atoms with Crippen LogP contribution in [0.2, 0.25) is 0 Å². The highest BCUT2D eigenvalue weighted by molar-refractivity contribution is 5.79. The number of quaternary nitrogens is 1. The molecule has 0 radical (unpaired) electrons. The van der Waals surface area contributed by atoms with Crippen molar-refractivity contribution in [1.29, 1.82) is 0 Å². The maximum absolute atomic E-state index is 11.7. The van der Waals surface area contributed by atoms with Gasteiger partial charge in [0, 0.05) is 24.9 Å². The number of esters is 2. The van der Waals surface area contributed by atoms with Crippen molar-refractivity contribution < 1.29 is 53.2 Å². The molecule has 0 aromatic rings. The standard InChI is InChI=1S/C16H29NO5.C13H23NO4.C3H6O/c1-12(2)9-14(16(20)21)10-15(19)22-8-6-7-17(4,5)11-13(3)18;1-10(2)8-11(13(16)17)9-12(15)18-7-5-6-14(3)4;1-3-2-4-3/h13-14,18H,1,6-11H2,2-5H3;11H,1,5-9H2,2-4H3,(H,16,17);3H,2H2,1H3. The molecular weight excluding hydrogens is 572 g/mol. The molecule has 1 aliphatic rings. The van der Waals surface area contributed by atoms with Crippen LogP contribution in [0.15, 0.2) is 24.3 Å². The first kappa shape index (κ1) is 43.3. The topological polar surface area (TPSA) is 166 Å². The van der Waals surface area contributed by atoms with Crippen LogP contribution >= 0.6 is 0 Å². The van der Waals surface area contributed by atoms with E-state index >= 15 is 0 Å². The van der Waals surface area contributed by atoms with Gasteiger partial charge in [0.05, 0.1) is 65.3 Å². The zero-order chi connectivity index (χ0) is 34.5. The molecule has 12 heteroatoms. The number of allylic oxidation sites excluding steroid dienone is 2. The summed E-state index contributed by atoms with van der Waals surface area (Å²) >= 11 is 0. The highest BCUT2D eigenvalue weighted by Gasteiger charge is 2.22. The third-order valence-corrected chi connectivity index (χ3v) is 6.14. The number of carboxylic acids is 2. The Morgan fingerprint density at radius 3 is 1.75 bits per heavy atom. The van der Waals surface area contributed by atoms with Crippen LogP contribution in [0.1, 0.15) is 66.2 Å². The van der Waals surface area contributed by atoms with Gasteiger partial charge < -0.3 is 43.7 Å². The van der Waals surface area contributed by atoms with E-state index in [1.165, 1.54) is 0 Å². The number of hydrogen-bond donors (Lipinski definition) is 2. The zero-order valence-corrected chi connectivity index (χ0v) is 28.3. The van der Waals surface area contributed by atoms with Gasteiger partial charge in [-0.3, -0.25) is 14.4 Å². The summed E-state index contributed by atoms with van der Waals surface area (Å²) in [5.74, 6) is -4.84. The van der Waals surface area contributed by atoms with Gasteiger partial charge in [0.15, 0.2) is 0 Å². The quantitative estimate of drug-likeness (QED) is 0.0665. The minimum Gasteiger partial charge on any atom is -0.550 e. The van der Waals surface area contributed by atoms with Gasteiger partial charge in [0.1, 0.15) is 12.6 Å². The number of carbonyl (C=O) groups is 4. The van der Waals surface area contributed by atoms with Crippen molar-refractivity contribution >= 4 is 23.9 Å². The Balaban J connectivity index is 0. The van der Waals surface area contributed by atoms with Crippen molar-refractivity contribution in [3.63, 3.8) is 0 Å². The first-order chi connectivity index (χ1) is 20.2. The van der Waals surface area contributed by atoms with Crippen molar-refractivity contribution in [2.24, 2.45) is 11.8 Å². The number of likely N-dealkylation sites (N-methyl/N-ethyl adjacent to an activating group) is 1. The van der Waals surface area contributed by atoms with E-state index in [0.29, 0.717) is 42.2 Å². The second-order valence-electron chi connectivity index (χ2n) is 12.6. The third-order valence-electron chi connectivity index (χ3n) is 6.14. The average Bonchev–Trinajstić information content (AvgIpc) is 3.65. The normalized spacial score (nSPS) is 15.7. The Bertz CT molecular complexity index is 897. The number of aliphatic carboxylic acids is 2. The van der Waals surface area contributed by atoms with E-state index in [2.05, 4.69) is 20.1 Å². The largest absolute Gasteiger partial charge is 0.550 e. The smallest absolute Gasteiger partial charge is 0.307 e. The fraction of sp³-hybridized carbons (Fsp3) is 0.750. The molecule has 1 rings (SSSR count). The molecule has 0 aromatic heterocycles. The van der Waals surface area contributed by atoms with E-state index in [9.17, 15) is 29.4 Å². The number of hydrogen-bond acceptors (Lipinski definition) is 10. The van der Waals surface area contributed by atoms with Gasteiger partial charge in [-0.25, -0.2) is 0 Å². The van der Waals surface area contributed by atoms with Crippen LogP contribution in [0, 0.1) is 11.8 Å². The number of epoxide rings is 1. The lowest BCUT2D eigenvalue weighted by Gasteiger charge is -2.30. The predicted octanol–water partition coefficient (Wildman–Crippen LogP) is 2.04. The number of ether oxygens (including phenoxy) is 3. The van der Waals surface area contributed by atoms with Crippen LogP contribution < -0.4 is 5.11 Å². The molecule has 44 heavy (non-hydrogen) atoms. The maximum atomic E-state index is 11.7. The minimum atomic E-state index is -1.25. The molecule has 1 saturated heterocycles. The molecule has 256 valence electrons. The zero-order valence-electron chi connectivity index (χ0n) is 28.3. The Morgan fingerprint density at radius 2 is 1.39 bits per heavy atom. The summed E-state index contributed by atoms with van der Waals surface area (Å²) in [5.41, 5.74) is 1.45. The number of nitrogens with zero attached hydrogens (tertiary/aromatic N) is 2. The number of aliphatic hydroxyl groups is 1. The number of rotatable bonds is 20. The molecule has 1 fully saturated rings. The summed E-state index contributed by atoms with van der Waals surface area (Å²) in [6, 6.07) is 0. The van der Waals surface area contributed by atoms with Crippen LogP contribution in [0.4, 0.5) is 0 Å². The highest BCUT2D eigenvalue weighted by Crippen LogP contribution is 2.16. The molecule has 2 N–H and O–H groups in total. The summed E-state index contributed by atoms with van der Waals surface area (Å²) in [6.07, 6.45) is 1.84. The molecule has 12 nitrogen and oxygen atoms in total. The van der Waals surface area contributed by atoms with Gasteiger partial charge in [-0.2, -0.15) is 0 Å². The summed E-state index contributed by atoms with van der Waals surface area (Å²) in [5, 5.41) is 29.3. The summed E-state index contributed by atoms with van der Waals surface area (Å²) < 4.78 is 15.4. The molecule has 0 aromatic carbocycles. The molecule has 0 bridgehead atoms. The molecule has 1 heterocycles. The second-order valence-corrected chi connectivity index (χ2v) is 12.6. The summed E-state index contributed by atoms with van der Waals surface area (Å²) in [4.78, 5) is 47.0. The van der Waals surface area contributed by atoms with Gasteiger partial charge in [-0.15, -0.1) is 13.2 Å². The van der Waals surface area contributed by atoms with E-state index in [1.54, 1.807) is 20.8 Å². The Morgan fingerprint density at radius 1 is 0.955 bits per heavy atom. The molecule has 4 atom stereocenters. The van der Waals surface area contributed by atoms with Gasteiger partial charge in [0.25, 0.3) is 0 Å². The monoisotopic (exact) mass is 630 g/mol. The molecule has 4 unspecified atom stereocenters. The van der Waals surface area contributed by atoms with Gasteiger partial charge in [-0.05, 0) is 61.1 Å². The molecule has 0 aliphatic carbocycles. The van der Waals surface area contributed by atoms with Crippen molar-refractivity contribution in [3.05, 3.63) is 24.3 Å². The fourth-order valence-electron chi connectivity index (χ4n) is 4.00. The number of aliphatic hydroxyl groups excluding tert-OH is 1. The van der Waals surface area contributed by atoms with Crippen LogP contribution in [-0.4, -0.2) is 123 Å². The predicted molar refractivity (Wildman–Crippen MR) is 166 cm³/mol. The van der Waals surface area contributed by atoms with Gasteiger partial charge >= 0.3 is 17.9 Å². The molecular formula is C32H58N2O10. The number of carboxylic acid groups (broad SMARTS) is 2. The third kappa shape index (κ3) is 29.3. The Kier molecular flexibility index (Phi) is 23.2. The van der Waals surface area contributed by atoms with Crippen LogP contribution in [0.25, 0.3) is 0 Å².